The van der Waals surface area contributed by atoms with E-state index in [9.17, 15) is 8.42 Å². The van der Waals surface area contributed by atoms with Gasteiger partial charge in [0.1, 0.15) is 0 Å². The van der Waals surface area contributed by atoms with Crippen LogP contribution in [0.15, 0.2) is 53.4 Å². The molecule has 0 spiro atoms. The predicted octanol–water partition coefficient (Wildman–Crippen LogP) is 2.70. The number of sulfonamides is 1. The van der Waals surface area contributed by atoms with Gasteiger partial charge in [0.05, 0.1) is 16.3 Å². The molecule has 0 bridgehead atoms. The average Bonchev–Trinajstić information content (AvgIpc) is 3.17. The van der Waals surface area contributed by atoms with Crippen molar-refractivity contribution in [3.05, 3.63) is 71.0 Å². The first-order chi connectivity index (χ1) is 12.8. The van der Waals surface area contributed by atoms with E-state index in [-0.39, 0.29) is 4.90 Å². The van der Waals surface area contributed by atoms with Crippen molar-refractivity contribution >= 4 is 15.7 Å². The molecular weight excluding hydrogens is 360 g/mol. The molecule has 0 unspecified atom stereocenters. The van der Waals surface area contributed by atoms with Crippen molar-refractivity contribution in [2.45, 2.75) is 31.7 Å². The van der Waals surface area contributed by atoms with E-state index < -0.39 is 10.0 Å². The maximum atomic E-state index is 11.5. The lowest BCUT2D eigenvalue weighted by atomic mass is 10.1. The first-order valence-corrected chi connectivity index (χ1v) is 10.4. The van der Waals surface area contributed by atoms with Crippen LogP contribution in [0, 0.1) is 13.8 Å². The van der Waals surface area contributed by atoms with Crippen LogP contribution in [0.5, 0.6) is 0 Å². The molecular formula is C20H22N4O2S. The smallest absolute Gasteiger partial charge is 0.238 e. The second kappa shape index (κ2) is 6.51. The van der Waals surface area contributed by atoms with Crippen LogP contribution >= 0.6 is 0 Å². The lowest BCUT2D eigenvalue weighted by Crippen LogP contribution is -2.19. The summed E-state index contributed by atoms with van der Waals surface area (Å²) in [7, 11) is -3.66. The van der Waals surface area contributed by atoms with Crippen molar-refractivity contribution < 1.29 is 8.42 Å². The highest BCUT2D eigenvalue weighted by molar-refractivity contribution is 7.89. The minimum Gasteiger partial charge on any atom is -0.367 e. The SMILES string of the molecule is Cc1cc(C)n(-c2ccc(CN3CCc4cc(S(N)(=O)=O)ccc43)cc2)n1. The molecule has 1 aromatic heterocycles. The summed E-state index contributed by atoms with van der Waals surface area (Å²) in [4.78, 5) is 2.44. The van der Waals surface area contributed by atoms with Gasteiger partial charge in [-0.25, -0.2) is 18.2 Å². The maximum Gasteiger partial charge on any atom is 0.238 e. The van der Waals surface area contributed by atoms with E-state index in [2.05, 4.69) is 40.3 Å². The van der Waals surface area contributed by atoms with E-state index in [1.54, 1.807) is 12.1 Å². The van der Waals surface area contributed by atoms with Crippen molar-refractivity contribution in [3.8, 4) is 5.69 Å². The zero-order valence-electron chi connectivity index (χ0n) is 15.4. The summed E-state index contributed by atoms with van der Waals surface area (Å²) in [6.45, 7) is 5.68. The van der Waals surface area contributed by atoms with Gasteiger partial charge in [-0.15, -0.1) is 0 Å². The Morgan fingerprint density at radius 1 is 1.07 bits per heavy atom. The van der Waals surface area contributed by atoms with Gasteiger partial charge in [0.2, 0.25) is 10.0 Å². The molecule has 2 heterocycles. The van der Waals surface area contributed by atoms with Crippen molar-refractivity contribution in [2.75, 3.05) is 11.4 Å². The molecule has 7 heteroatoms. The lowest BCUT2D eigenvalue weighted by molar-refractivity contribution is 0.597. The van der Waals surface area contributed by atoms with Crippen molar-refractivity contribution in [1.29, 1.82) is 0 Å². The minimum atomic E-state index is -3.66. The topological polar surface area (TPSA) is 81.2 Å². The predicted molar refractivity (Wildman–Crippen MR) is 106 cm³/mol. The molecule has 0 saturated carbocycles. The van der Waals surface area contributed by atoms with Gasteiger partial charge in [-0.3, -0.25) is 0 Å². The van der Waals surface area contributed by atoms with Crippen LogP contribution in [0.3, 0.4) is 0 Å². The molecule has 3 aromatic rings. The van der Waals surface area contributed by atoms with E-state index in [0.717, 1.165) is 47.8 Å². The Hall–Kier alpha value is -2.64. The van der Waals surface area contributed by atoms with Gasteiger partial charge in [0, 0.05) is 24.5 Å². The molecule has 0 amide bonds. The van der Waals surface area contributed by atoms with Gasteiger partial charge in [-0.05, 0) is 67.8 Å². The van der Waals surface area contributed by atoms with Crippen molar-refractivity contribution in [3.63, 3.8) is 0 Å². The van der Waals surface area contributed by atoms with E-state index in [4.69, 9.17) is 5.14 Å². The van der Waals surface area contributed by atoms with Crippen LogP contribution in [0.2, 0.25) is 0 Å². The number of anilines is 1. The highest BCUT2D eigenvalue weighted by atomic mass is 32.2. The second-order valence-electron chi connectivity index (χ2n) is 7.01. The summed E-state index contributed by atoms with van der Waals surface area (Å²) in [6, 6.07) is 15.6. The van der Waals surface area contributed by atoms with Gasteiger partial charge in [-0.2, -0.15) is 5.10 Å². The number of rotatable bonds is 4. The molecule has 4 rings (SSSR count). The summed E-state index contributed by atoms with van der Waals surface area (Å²) < 4.78 is 25.0. The highest BCUT2D eigenvalue weighted by Crippen LogP contribution is 2.31. The molecule has 2 aromatic carbocycles. The number of aromatic nitrogens is 2. The third-order valence-corrected chi connectivity index (χ3v) is 5.85. The van der Waals surface area contributed by atoms with E-state index in [0.29, 0.717) is 0 Å². The first kappa shape index (κ1) is 17.8. The highest BCUT2D eigenvalue weighted by Gasteiger charge is 2.21. The molecule has 27 heavy (non-hydrogen) atoms. The Morgan fingerprint density at radius 2 is 1.81 bits per heavy atom. The Kier molecular flexibility index (Phi) is 4.28. The Bertz CT molecular complexity index is 1100. The number of fused-ring (bicyclic) bond motifs is 1. The van der Waals surface area contributed by atoms with Crippen molar-refractivity contribution in [2.24, 2.45) is 5.14 Å². The van der Waals surface area contributed by atoms with Gasteiger partial charge in [-0.1, -0.05) is 12.1 Å². The van der Waals surface area contributed by atoms with Crippen LogP contribution in [-0.2, 0) is 23.0 Å². The number of hydrogen-bond donors (Lipinski definition) is 1. The number of nitrogens with zero attached hydrogens (tertiary/aromatic N) is 3. The number of benzene rings is 2. The summed E-state index contributed by atoms with van der Waals surface area (Å²) in [5, 5.41) is 9.75. The largest absolute Gasteiger partial charge is 0.367 e. The molecule has 140 valence electrons. The van der Waals surface area contributed by atoms with Gasteiger partial charge in [0.15, 0.2) is 0 Å². The summed E-state index contributed by atoms with van der Waals surface area (Å²) in [6.07, 6.45) is 0.822. The average molecular weight is 382 g/mol. The fourth-order valence-electron chi connectivity index (χ4n) is 3.64. The molecule has 0 radical (unpaired) electrons. The lowest BCUT2D eigenvalue weighted by Gasteiger charge is -2.20. The molecule has 0 fully saturated rings. The maximum absolute atomic E-state index is 11.5. The van der Waals surface area contributed by atoms with E-state index >= 15 is 0 Å². The van der Waals surface area contributed by atoms with E-state index in [1.165, 1.54) is 5.56 Å². The van der Waals surface area contributed by atoms with Gasteiger partial charge >= 0.3 is 0 Å². The summed E-state index contributed by atoms with van der Waals surface area (Å²) in [5.41, 5.74) is 6.46. The Balaban J connectivity index is 1.54. The minimum absolute atomic E-state index is 0.178. The summed E-state index contributed by atoms with van der Waals surface area (Å²) in [5.74, 6) is 0. The Morgan fingerprint density at radius 3 is 2.44 bits per heavy atom. The fraction of sp³-hybridized carbons (Fsp3) is 0.250. The third-order valence-electron chi connectivity index (χ3n) is 4.94. The monoisotopic (exact) mass is 382 g/mol. The first-order valence-electron chi connectivity index (χ1n) is 8.84. The van der Waals surface area contributed by atoms with E-state index in [1.807, 2.05) is 24.6 Å². The molecule has 1 aliphatic heterocycles. The second-order valence-corrected chi connectivity index (χ2v) is 8.57. The zero-order chi connectivity index (χ0) is 19.2. The van der Waals surface area contributed by atoms with Crippen LogP contribution in [-0.4, -0.2) is 24.7 Å². The molecule has 0 atom stereocenters. The molecule has 0 aliphatic carbocycles. The van der Waals surface area contributed by atoms with Crippen LogP contribution in [0.4, 0.5) is 5.69 Å². The normalized spacial score (nSPS) is 13.8. The number of aryl methyl sites for hydroxylation is 2. The third kappa shape index (κ3) is 3.48. The molecule has 6 nitrogen and oxygen atoms in total. The quantitative estimate of drug-likeness (QED) is 0.752. The number of primary sulfonamides is 1. The zero-order valence-corrected chi connectivity index (χ0v) is 16.2. The van der Waals surface area contributed by atoms with Gasteiger partial charge < -0.3 is 4.90 Å². The van der Waals surface area contributed by atoms with Crippen LogP contribution < -0.4 is 10.0 Å². The van der Waals surface area contributed by atoms with Crippen molar-refractivity contribution in [1.82, 2.24) is 9.78 Å². The van der Waals surface area contributed by atoms with Gasteiger partial charge in [0.25, 0.3) is 0 Å². The van der Waals surface area contributed by atoms with Crippen LogP contribution in [0.1, 0.15) is 22.5 Å². The molecule has 0 saturated heterocycles. The summed E-state index contributed by atoms with van der Waals surface area (Å²) >= 11 is 0. The standard InChI is InChI=1S/C20H22N4O2S/c1-14-11-15(2)24(22-14)18-5-3-16(4-6-18)13-23-10-9-17-12-19(27(21,25)26)7-8-20(17)23/h3-8,11-12H,9-10,13H2,1-2H3,(H2,21,25,26). The number of hydrogen-bond acceptors (Lipinski definition) is 4. The number of nitrogens with two attached hydrogens (primary N) is 1. The fourth-order valence-corrected chi connectivity index (χ4v) is 4.21. The molecule has 2 N–H and O–H groups in total. The Labute approximate surface area is 159 Å². The van der Waals surface area contributed by atoms with Crippen LogP contribution in [0.25, 0.3) is 5.69 Å². The molecule has 1 aliphatic rings.